The fourth-order valence-corrected chi connectivity index (χ4v) is 1.37. The van der Waals surface area contributed by atoms with Crippen molar-refractivity contribution in [3.05, 3.63) is 24.6 Å². The van der Waals surface area contributed by atoms with Gasteiger partial charge in [0.1, 0.15) is 0 Å². The van der Waals surface area contributed by atoms with Crippen LogP contribution in [0.3, 0.4) is 0 Å². The van der Waals surface area contributed by atoms with Gasteiger partial charge >= 0.3 is 0 Å². The Bertz CT molecular complexity index is 199. The molecule has 4 nitrogen and oxygen atoms in total. The summed E-state index contributed by atoms with van der Waals surface area (Å²) in [5.74, 6) is 0. The van der Waals surface area contributed by atoms with Gasteiger partial charge in [0.15, 0.2) is 0 Å². The predicted octanol–water partition coefficient (Wildman–Crippen LogP) is -0.948. The van der Waals surface area contributed by atoms with Gasteiger partial charge < -0.3 is 10.6 Å². The third-order valence-electron chi connectivity index (χ3n) is 1.99. The van der Waals surface area contributed by atoms with E-state index >= 15 is 0 Å². The molecule has 12 heavy (non-hydrogen) atoms. The second kappa shape index (κ2) is 3.60. The number of hydrogen-bond acceptors (Lipinski definition) is 4. The monoisotopic (exact) mass is 166 g/mol. The van der Waals surface area contributed by atoms with Crippen molar-refractivity contribution in [2.24, 2.45) is 0 Å². The van der Waals surface area contributed by atoms with Gasteiger partial charge in [-0.15, -0.1) is 0 Å². The fourth-order valence-electron chi connectivity index (χ4n) is 1.37. The van der Waals surface area contributed by atoms with Crippen molar-refractivity contribution in [2.75, 3.05) is 13.1 Å². The number of nitrogens with one attached hydrogen (secondary N) is 4. The molecule has 0 aromatic rings. The summed E-state index contributed by atoms with van der Waals surface area (Å²) < 4.78 is 0. The van der Waals surface area contributed by atoms with Gasteiger partial charge in [-0.2, -0.15) is 0 Å². The summed E-state index contributed by atoms with van der Waals surface area (Å²) in [6.45, 7) is 1.89. The Labute approximate surface area is 72.1 Å². The standard InChI is InChI=1S/C8H14N4/c1-2-7(10-3-1)12-8-6-9-4-5-11-8/h1-2,4-5,7-12H,3,6H2. The molecule has 2 aliphatic heterocycles. The summed E-state index contributed by atoms with van der Waals surface area (Å²) >= 11 is 0. The van der Waals surface area contributed by atoms with Crippen molar-refractivity contribution in [1.82, 2.24) is 21.3 Å². The normalized spacial score (nSPS) is 33.0. The van der Waals surface area contributed by atoms with Crippen molar-refractivity contribution in [1.29, 1.82) is 0 Å². The van der Waals surface area contributed by atoms with Gasteiger partial charge in [0.25, 0.3) is 0 Å². The molecule has 0 amide bonds. The van der Waals surface area contributed by atoms with E-state index in [2.05, 4.69) is 33.4 Å². The molecule has 0 bridgehead atoms. The minimum atomic E-state index is 0.315. The molecule has 0 fully saturated rings. The second-order valence-corrected chi connectivity index (χ2v) is 2.94. The van der Waals surface area contributed by atoms with Crippen molar-refractivity contribution in [3.8, 4) is 0 Å². The molecule has 2 atom stereocenters. The van der Waals surface area contributed by atoms with Crippen LogP contribution in [0.5, 0.6) is 0 Å². The zero-order chi connectivity index (χ0) is 8.23. The first-order valence-corrected chi connectivity index (χ1v) is 4.26. The van der Waals surface area contributed by atoms with Gasteiger partial charge in [-0.3, -0.25) is 10.6 Å². The Hall–Kier alpha value is -1.00. The highest BCUT2D eigenvalue weighted by atomic mass is 15.2. The molecular formula is C8H14N4. The molecule has 0 aromatic heterocycles. The van der Waals surface area contributed by atoms with Crippen LogP contribution in [-0.4, -0.2) is 25.4 Å². The minimum Gasteiger partial charge on any atom is -0.386 e. The lowest BCUT2D eigenvalue weighted by molar-refractivity contribution is 0.393. The molecule has 4 heteroatoms. The van der Waals surface area contributed by atoms with Gasteiger partial charge in [0.05, 0.1) is 12.3 Å². The molecule has 0 spiro atoms. The van der Waals surface area contributed by atoms with E-state index in [4.69, 9.17) is 0 Å². The van der Waals surface area contributed by atoms with E-state index < -0.39 is 0 Å². The fraction of sp³-hybridized carbons (Fsp3) is 0.500. The van der Waals surface area contributed by atoms with Crippen LogP contribution in [0.4, 0.5) is 0 Å². The van der Waals surface area contributed by atoms with Crippen LogP contribution in [0, 0.1) is 0 Å². The SMILES string of the molecule is C1=CC(NC2CNC=CN2)NC1. The summed E-state index contributed by atoms with van der Waals surface area (Å²) in [7, 11) is 0. The molecule has 0 aliphatic carbocycles. The molecule has 0 radical (unpaired) electrons. The van der Waals surface area contributed by atoms with E-state index in [-0.39, 0.29) is 0 Å². The third-order valence-corrected chi connectivity index (χ3v) is 1.99. The highest BCUT2D eigenvalue weighted by molar-refractivity contribution is 5.02. The first-order chi connectivity index (χ1) is 5.95. The molecule has 2 rings (SSSR count). The first-order valence-electron chi connectivity index (χ1n) is 4.26. The van der Waals surface area contributed by atoms with E-state index in [0.29, 0.717) is 12.3 Å². The summed E-state index contributed by atoms with van der Waals surface area (Å²) in [6.07, 6.45) is 8.73. The smallest absolute Gasteiger partial charge is 0.0955 e. The maximum atomic E-state index is 3.40. The Kier molecular flexibility index (Phi) is 2.29. The van der Waals surface area contributed by atoms with Crippen molar-refractivity contribution in [2.45, 2.75) is 12.3 Å². The predicted molar refractivity (Wildman–Crippen MR) is 48.1 cm³/mol. The Morgan fingerprint density at radius 1 is 1.33 bits per heavy atom. The number of rotatable bonds is 2. The Morgan fingerprint density at radius 2 is 2.33 bits per heavy atom. The second-order valence-electron chi connectivity index (χ2n) is 2.94. The lowest BCUT2D eigenvalue weighted by Gasteiger charge is -2.25. The lowest BCUT2D eigenvalue weighted by Crippen LogP contribution is -2.54. The summed E-state index contributed by atoms with van der Waals surface area (Å²) in [5.41, 5.74) is 0. The molecule has 4 N–H and O–H groups in total. The maximum Gasteiger partial charge on any atom is 0.0955 e. The van der Waals surface area contributed by atoms with E-state index in [1.54, 1.807) is 0 Å². The van der Waals surface area contributed by atoms with Crippen LogP contribution in [0.1, 0.15) is 0 Å². The van der Waals surface area contributed by atoms with Crippen LogP contribution in [0.15, 0.2) is 24.6 Å². The van der Waals surface area contributed by atoms with Crippen LogP contribution in [0.25, 0.3) is 0 Å². The molecule has 2 heterocycles. The third kappa shape index (κ3) is 1.78. The van der Waals surface area contributed by atoms with E-state index in [1.165, 1.54) is 0 Å². The quantitative estimate of drug-likeness (QED) is 0.400. The zero-order valence-electron chi connectivity index (χ0n) is 6.88. The Morgan fingerprint density at radius 3 is 3.00 bits per heavy atom. The lowest BCUT2D eigenvalue weighted by atomic mass is 10.4. The van der Waals surface area contributed by atoms with Gasteiger partial charge in [0, 0.05) is 25.5 Å². The van der Waals surface area contributed by atoms with Crippen molar-refractivity contribution in [3.63, 3.8) is 0 Å². The van der Waals surface area contributed by atoms with E-state index in [0.717, 1.165) is 13.1 Å². The molecule has 0 aromatic carbocycles. The molecular weight excluding hydrogens is 152 g/mol. The van der Waals surface area contributed by atoms with Crippen LogP contribution < -0.4 is 21.3 Å². The van der Waals surface area contributed by atoms with E-state index in [9.17, 15) is 0 Å². The average molecular weight is 166 g/mol. The highest BCUT2D eigenvalue weighted by Gasteiger charge is 2.13. The van der Waals surface area contributed by atoms with Gasteiger partial charge in [-0.1, -0.05) is 12.2 Å². The van der Waals surface area contributed by atoms with Gasteiger partial charge in [-0.05, 0) is 0 Å². The zero-order valence-corrected chi connectivity index (χ0v) is 6.88. The molecule has 66 valence electrons. The van der Waals surface area contributed by atoms with Crippen molar-refractivity contribution >= 4 is 0 Å². The van der Waals surface area contributed by atoms with Crippen LogP contribution >= 0.6 is 0 Å². The molecule has 2 unspecified atom stereocenters. The van der Waals surface area contributed by atoms with Gasteiger partial charge in [-0.25, -0.2) is 0 Å². The minimum absolute atomic E-state index is 0.315. The molecule has 0 saturated carbocycles. The molecule has 0 saturated heterocycles. The summed E-state index contributed by atoms with van der Waals surface area (Å²) in [6, 6.07) is 0. The summed E-state index contributed by atoms with van der Waals surface area (Å²) in [5, 5.41) is 13.1. The molecule has 2 aliphatic rings. The van der Waals surface area contributed by atoms with E-state index in [1.807, 2.05) is 12.4 Å². The highest BCUT2D eigenvalue weighted by Crippen LogP contribution is 1.93. The van der Waals surface area contributed by atoms with Crippen LogP contribution in [0.2, 0.25) is 0 Å². The number of hydrogen-bond donors (Lipinski definition) is 4. The van der Waals surface area contributed by atoms with Crippen molar-refractivity contribution < 1.29 is 0 Å². The Balaban J connectivity index is 1.78. The average Bonchev–Trinajstić information content (AvgIpc) is 2.59. The maximum absolute atomic E-state index is 3.40. The first kappa shape index (κ1) is 7.64. The summed E-state index contributed by atoms with van der Waals surface area (Å²) in [4.78, 5) is 0. The van der Waals surface area contributed by atoms with Crippen LogP contribution in [-0.2, 0) is 0 Å². The van der Waals surface area contributed by atoms with Gasteiger partial charge in [0.2, 0.25) is 0 Å². The topological polar surface area (TPSA) is 48.1 Å². The largest absolute Gasteiger partial charge is 0.386 e.